The molecule has 0 saturated heterocycles. The first-order chi connectivity index (χ1) is 8.86. The van der Waals surface area contributed by atoms with Crippen LogP contribution in [0.3, 0.4) is 0 Å². The van der Waals surface area contributed by atoms with E-state index in [9.17, 15) is 13.2 Å². The van der Waals surface area contributed by atoms with Crippen LogP contribution in [0.2, 0.25) is 5.02 Å². The standard InChI is InChI=1S/C14H10ClF3O/c1-9-2-4-10(5-3-9)19-11-6-7-12(13(15)8-11)14(16,17)18/h2-8H,1H3. The van der Waals surface area contributed by atoms with E-state index in [1.807, 2.05) is 19.1 Å². The number of hydrogen-bond donors (Lipinski definition) is 0. The van der Waals surface area contributed by atoms with E-state index in [0.717, 1.165) is 17.7 Å². The molecule has 0 bridgehead atoms. The minimum Gasteiger partial charge on any atom is -0.457 e. The molecule has 0 N–H and O–H groups in total. The van der Waals surface area contributed by atoms with Gasteiger partial charge in [0, 0.05) is 6.07 Å². The summed E-state index contributed by atoms with van der Waals surface area (Å²) in [5, 5.41) is -0.378. The second-order valence-corrected chi connectivity index (χ2v) is 4.46. The Hall–Kier alpha value is -1.68. The van der Waals surface area contributed by atoms with Crippen LogP contribution >= 0.6 is 11.6 Å². The van der Waals surface area contributed by atoms with Crippen molar-refractivity contribution in [2.45, 2.75) is 13.1 Å². The van der Waals surface area contributed by atoms with E-state index in [-0.39, 0.29) is 10.8 Å². The van der Waals surface area contributed by atoms with Gasteiger partial charge in [0.2, 0.25) is 0 Å². The Morgan fingerprint density at radius 1 is 0.947 bits per heavy atom. The monoisotopic (exact) mass is 286 g/mol. The second kappa shape index (κ2) is 5.13. The highest BCUT2D eigenvalue weighted by molar-refractivity contribution is 6.31. The van der Waals surface area contributed by atoms with Crippen molar-refractivity contribution < 1.29 is 17.9 Å². The zero-order chi connectivity index (χ0) is 14.0. The summed E-state index contributed by atoms with van der Waals surface area (Å²) in [6.45, 7) is 1.93. The van der Waals surface area contributed by atoms with Crippen molar-refractivity contribution in [3.05, 3.63) is 58.6 Å². The summed E-state index contributed by atoms with van der Waals surface area (Å²) in [4.78, 5) is 0. The van der Waals surface area contributed by atoms with Gasteiger partial charge in [-0.1, -0.05) is 29.3 Å². The molecular weight excluding hydrogens is 277 g/mol. The van der Waals surface area contributed by atoms with Gasteiger partial charge in [-0.3, -0.25) is 0 Å². The Balaban J connectivity index is 2.23. The van der Waals surface area contributed by atoms with Crippen molar-refractivity contribution in [2.75, 3.05) is 0 Å². The Labute approximate surface area is 113 Å². The highest BCUT2D eigenvalue weighted by Gasteiger charge is 2.33. The smallest absolute Gasteiger partial charge is 0.417 e. The van der Waals surface area contributed by atoms with Crippen molar-refractivity contribution >= 4 is 11.6 Å². The Morgan fingerprint density at radius 3 is 2.05 bits per heavy atom. The maximum Gasteiger partial charge on any atom is 0.417 e. The molecule has 1 nitrogen and oxygen atoms in total. The number of aryl methyl sites for hydroxylation is 1. The van der Waals surface area contributed by atoms with Gasteiger partial charge in [-0.15, -0.1) is 0 Å². The molecule has 0 fully saturated rings. The second-order valence-electron chi connectivity index (χ2n) is 4.05. The predicted molar refractivity (Wildman–Crippen MR) is 67.7 cm³/mol. The molecule has 0 heterocycles. The lowest BCUT2D eigenvalue weighted by molar-refractivity contribution is -0.137. The molecule has 5 heteroatoms. The zero-order valence-corrected chi connectivity index (χ0v) is 10.7. The van der Waals surface area contributed by atoms with Gasteiger partial charge >= 0.3 is 6.18 Å². The average Bonchev–Trinajstić information content (AvgIpc) is 2.30. The molecule has 0 atom stereocenters. The van der Waals surface area contributed by atoms with Crippen molar-refractivity contribution in [2.24, 2.45) is 0 Å². The number of hydrogen-bond acceptors (Lipinski definition) is 1. The summed E-state index contributed by atoms with van der Waals surface area (Å²) in [7, 11) is 0. The van der Waals surface area contributed by atoms with Crippen molar-refractivity contribution in [1.82, 2.24) is 0 Å². The first-order valence-electron chi connectivity index (χ1n) is 5.47. The van der Waals surface area contributed by atoms with E-state index in [1.54, 1.807) is 12.1 Å². The third-order valence-electron chi connectivity index (χ3n) is 2.50. The molecule has 0 aliphatic heterocycles. The van der Waals surface area contributed by atoms with Crippen LogP contribution in [-0.2, 0) is 6.18 Å². The summed E-state index contributed by atoms with van der Waals surface area (Å²) in [5.41, 5.74) is 0.197. The lowest BCUT2D eigenvalue weighted by atomic mass is 10.2. The lowest BCUT2D eigenvalue weighted by Crippen LogP contribution is -2.05. The minimum absolute atomic E-state index is 0.266. The quantitative estimate of drug-likeness (QED) is 0.712. The van der Waals surface area contributed by atoms with Crippen LogP contribution in [-0.4, -0.2) is 0 Å². The molecule has 0 unspecified atom stereocenters. The minimum atomic E-state index is -4.46. The average molecular weight is 287 g/mol. The van der Waals surface area contributed by atoms with E-state index in [0.29, 0.717) is 5.75 Å². The molecule has 0 saturated carbocycles. The van der Waals surface area contributed by atoms with Crippen molar-refractivity contribution in [3.8, 4) is 11.5 Å². The van der Waals surface area contributed by atoms with Gasteiger partial charge < -0.3 is 4.74 Å². The number of rotatable bonds is 2. The van der Waals surface area contributed by atoms with Crippen LogP contribution in [0, 0.1) is 6.92 Å². The first kappa shape index (κ1) is 13.7. The summed E-state index contributed by atoms with van der Waals surface area (Å²) < 4.78 is 43.0. The molecule has 0 radical (unpaired) electrons. The summed E-state index contributed by atoms with van der Waals surface area (Å²) in [6.07, 6.45) is -4.46. The molecule has 0 aromatic heterocycles. The van der Waals surface area contributed by atoms with Gasteiger partial charge in [0.05, 0.1) is 10.6 Å². The molecule has 2 aromatic carbocycles. The normalized spacial score (nSPS) is 11.4. The number of ether oxygens (including phenoxy) is 1. The van der Waals surface area contributed by atoms with Crippen molar-refractivity contribution in [1.29, 1.82) is 0 Å². The van der Waals surface area contributed by atoms with Crippen LogP contribution < -0.4 is 4.74 Å². The molecule has 2 aromatic rings. The summed E-state index contributed by atoms with van der Waals surface area (Å²) in [6, 6.07) is 10.5. The fraction of sp³-hybridized carbons (Fsp3) is 0.143. The van der Waals surface area contributed by atoms with Gasteiger partial charge in [0.15, 0.2) is 0 Å². The van der Waals surface area contributed by atoms with Gasteiger partial charge in [-0.25, -0.2) is 0 Å². The fourth-order valence-corrected chi connectivity index (χ4v) is 1.81. The number of alkyl halides is 3. The Kier molecular flexibility index (Phi) is 3.71. The maximum atomic E-state index is 12.5. The predicted octanol–water partition coefficient (Wildman–Crippen LogP) is 5.46. The highest BCUT2D eigenvalue weighted by atomic mass is 35.5. The third-order valence-corrected chi connectivity index (χ3v) is 2.82. The molecule has 0 spiro atoms. The molecule has 0 aliphatic carbocycles. The zero-order valence-electron chi connectivity index (χ0n) is 9.96. The summed E-state index contributed by atoms with van der Waals surface area (Å²) in [5.74, 6) is 0.809. The topological polar surface area (TPSA) is 9.23 Å². The summed E-state index contributed by atoms with van der Waals surface area (Å²) >= 11 is 5.61. The molecule has 0 aliphatic rings. The maximum absolute atomic E-state index is 12.5. The SMILES string of the molecule is Cc1ccc(Oc2ccc(C(F)(F)F)c(Cl)c2)cc1. The molecule has 19 heavy (non-hydrogen) atoms. The molecule has 2 rings (SSSR count). The van der Waals surface area contributed by atoms with E-state index in [4.69, 9.17) is 16.3 Å². The van der Waals surface area contributed by atoms with Gasteiger partial charge in [-0.2, -0.15) is 13.2 Å². The van der Waals surface area contributed by atoms with Crippen LogP contribution in [0.15, 0.2) is 42.5 Å². The molecular formula is C14H10ClF3O. The number of benzene rings is 2. The molecule has 100 valence electrons. The lowest BCUT2D eigenvalue weighted by Gasteiger charge is -2.11. The van der Waals surface area contributed by atoms with Gasteiger partial charge in [-0.05, 0) is 31.2 Å². The highest BCUT2D eigenvalue weighted by Crippen LogP contribution is 2.37. The van der Waals surface area contributed by atoms with Crippen LogP contribution in [0.25, 0.3) is 0 Å². The van der Waals surface area contributed by atoms with E-state index < -0.39 is 11.7 Å². The largest absolute Gasteiger partial charge is 0.457 e. The third kappa shape index (κ3) is 3.41. The Morgan fingerprint density at radius 2 is 1.53 bits per heavy atom. The van der Waals surface area contributed by atoms with Crippen LogP contribution in [0.5, 0.6) is 11.5 Å². The van der Waals surface area contributed by atoms with Crippen LogP contribution in [0.1, 0.15) is 11.1 Å². The van der Waals surface area contributed by atoms with E-state index in [1.165, 1.54) is 6.07 Å². The molecule has 0 amide bonds. The first-order valence-corrected chi connectivity index (χ1v) is 5.85. The Bertz CT molecular complexity index is 576. The number of halogens is 4. The van der Waals surface area contributed by atoms with Gasteiger partial charge in [0.1, 0.15) is 11.5 Å². The van der Waals surface area contributed by atoms with Crippen molar-refractivity contribution in [3.63, 3.8) is 0 Å². The van der Waals surface area contributed by atoms with Crippen LogP contribution in [0.4, 0.5) is 13.2 Å². The van der Waals surface area contributed by atoms with E-state index >= 15 is 0 Å². The fourth-order valence-electron chi connectivity index (χ4n) is 1.53. The van der Waals surface area contributed by atoms with Gasteiger partial charge in [0.25, 0.3) is 0 Å². The van der Waals surface area contributed by atoms with E-state index in [2.05, 4.69) is 0 Å².